The normalized spacial score (nSPS) is 18.7. The van der Waals surface area contributed by atoms with Gasteiger partial charge in [0.05, 0.1) is 6.61 Å². The van der Waals surface area contributed by atoms with E-state index in [0.29, 0.717) is 45.8 Å². The van der Waals surface area contributed by atoms with Crippen molar-refractivity contribution in [2.24, 2.45) is 5.73 Å². The van der Waals surface area contributed by atoms with Gasteiger partial charge in [-0.3, -0.25) is 0 Å². The van der Waals surface area contributed by atoms with Crippen molar-refractivity contribution in [3.8, 4) is 0 Å². The minimum atomic E-state index is -3.36. The molecule has 6 nitrogen and oxygen atoms in total. The highest BCUT2D eigenvalue weighted by Crippen LogP contribution is 2.16. The Morgan fingerprint density at radius 3 is 2.32 bits per heavy atom. The van der Waals surface area contributed by atoms with Crippen molar-refractivity contribution in [3.05, 3.63) is 0 Å². The molecule has 0 atom stereocenters. The molecule has 1 heterocycles. The molecule has 7 heteroatoms. The molecule has 1 aliphatic rings. The molecular formula is C12H27N3O3S. The second-order valence-corrected chi connectivity index (χ2v) is 6.78. The second kappa shape index (κ2) is 8.86. The van der Waals surface area contributed by atoms with E-state index in [9.17, 15) is 8.42 Å². The minimum Gasteiger partial charge on any atom is -0.383 e. The quantitative estimate of drug-likeness (QED) is 0.703. The van der Waals surface area contributed by atoms with Crippen molar-refractivity contribution in [3.63, 3.8) is 0 Å². The summed E-state index contributed by atoms with van der Waals surface area (Å²) in [5, 5.41) is 0. The first kappa shape index (κ1) is 16.8. The highest BCUT2D eigenvalue weighted by atomic mass is 32.2. The molecule has 0 aliphatic carbocycles. The zero-order valence-corrected chi connectivity index (χ0v) is 12.7. The van der Waals surface area contributed by atoms with Crippen molar-refractivity contribution in [1.82, 2.24) is 8.61 Å². The Labute approximate surface area is 117 Å². The molecule has 0 aromatic carbocycles. The van der Waals surface area contributed by atoms with Crippen molar-refractivity contribution < 1.29 is 13.2 Å². The van der Waals surface area contributed by atoms with Gasteiger partial charge in [0.25, 0.3) is 10.2 Å². The molecule has 19 heavy (non-hydrogen) atoms. The van der Waals surface area contributed by atoms with Gasteiger partial charge in [0, 0.05) is 33.3 Å². The highest BCUT2D eigenvalue weighted by molar-refractivity contribution is 7.86. The molecule has 0 radical (unpaired) electrons. The fourth-order valence-electron chi connectivity index (χ4n) is 2.24. The van der Waals surface area contributed by atoms with Crippen LogP contribution in [0.25, 0.3) is 0 Å². The fourth-order valence-corrected chi connectivity index (χ4v) is 3.95. The van der Waals surface area contributed by atoms with Crippen LogP contribution in [0.1, 0.15) is 32.1 Å². The Kier molecular flexibility index (Phi) is 7.86. The summed E-state index contributed by atoms with van der Waals surface area (Å²) < 4.78 is 33.3. The van der Waals surface area contributed by atoms with Gasteiger partial charge in [0.1, 0.15) is 0 Å². The lowest BCUT2D eigenvalue weighted by Crippen LogP contribution is -2.46. The van der Waals surface area contributed by atoms with Gasteiger partial charge in [-0.1, -0.05) is 12.8 Å². The Morgan fingerprint density at radius 2 is 1.79 bits per heavy atom. The zero-order chi connectivity index (χ0) is 14.1. The summed E-state index contributed by atoms with van der Waals surface area (Å²) in [6, 6.07) is 0. The van der Waals surface area contributed by atoms with Gasteiger partial charge < -0.3 is 10.5 Å². The maximum atomic E-state index is 12.6. The molecular weight excluding hydrogens is 266 g/mol. The van der Waals surface area contributed by atoms with Gasteiger partial charge in [-0.25, -0.2) is 0 Å². The van der Waals surface area contributed by atoms with E-state index in [1.165, 1.54) is 4.31 Å². The Hall–Kier alpha value is -0.210. The van der Waals surface area contributed by atoms with Gasteiger partial charge in [0.15, 0.2) is 0 Å². The maximum absolute atomic E-state index is 12.6. The SMILES string of the molecule is COCCN(CCCN)S(=O)(=O)N1CCCCCC1. The van der Waals surface area contributed by atoms with Crippen LogP contribution in [-0.2, 0) is 14.9 Å². The van der Waals surface area contributed by atoms with Crippen LogP contribution in [0.15, 0.2) is 0 Å². The van der Waals surface area contributed by atoms with Gasteiger partial charge in [-0.05, 0) is 25.8 Å². The molecule has 0 saturated carbocycles. The highest BCUT2D eigenvalue weighted by Gasteiger charge is 2.29. The topological polar surface area (TPSA) is 75.9 Å². The van der Waals surface area contributed by atoms with E-state index >= 15 is 0 Å². The Balaban J connectivity index is 2.71. The molecule has 0 aromatic heterocycles. The monoisotopic (exact) mass is 293 g/mol. The predicted molar refractivity (Wildman–Crippen MR) is 76.1 cm³/mol. The maximum Gasteiger partial charge on any atom is 0.282 e. The molecule has 0 unspecified atom stereocenters. The fraction of sp³-hybridized carbons (Fsp3) is 1.00. The molecule has 1 rings (SSSR count). The van der Waals surface area contributed by atoms with E-state index in [4.69, 9.17) is 10.5 Å². The molecule has 1 fully saturated rings. The standard InChI is InChI=1S/C12H27N3O3S/c1-18-12-11-15(10-6-7-13)19(16,17)14-8-4-2-3-5-9-14/h2-13H2,1H3. The summed E-state index contributed by atoms with van der Waals surface area (Å²) in [5.74, 6) is 0. The van der Waals surface area contributed by atoms with Crippen LogP contribution in [0.2, 0.25) is 0 Å². The Morgan fingerprint density at radius 1 is 1.16 bits per heavy atom. The van der Waals surface area contributed by atoms with Gasteiger partial charge in [-0.2, -0.15) is 17.0 Å². The third-order valence-electron chi connectivity index (χ3n) is 3.37. The first-order valence-electron chi connectivity index (χ1n) is 7.07. The van der Waals surface area contributed by atoms with E-state index in [-0.39, 0.29) is 0 Å². The lowest BCUT2D eigenvalue weighted by molar-refractivity contribution is 0.175. The average molecular weight is 293 g/mol. The smallest absolute Gasteiger partial charge is 0.282 e. The van der Waals surface area contributed by atoms with E-state index in [0.717, 1.165) is 25.7 Å². The summed E-state index contributed by atoms with van der Waals surface area (Å²) in [4.78, 5) is 0. The van der Waals surface area contributed by atoms with Crippen LogP contribution in [0.3, 0.4) is 0 Å². The zero-order valence-electron chi connectivity index (χ0n) is 11.9. The number of rotatable bonds is 8. The number of ether oxygens (including phenoxy) is 1. The summed E-state index contributed by atoms with van der Waals surface area (Å²) in [6.07, 6.45) is 4.82. The lowest BCUT2D eigenvalue weighted by Gasteiger charge is -2.29. The van der Waals surface area contributed by atoms with Crippen molar-refractivity contribution in [2.45, 2.75) is 32.1 Å². The van der Waals surface area contributed by atoms with Gasteiger partial charge >= 0.3 is 0 Å². The van der Waals surface area contributed by atoms with Crippen LogP contribution < -0.4 is 5.73 Å². The first-order valence-corrected chi connectivity index (χ1v) is 8.47. The van der Waals surface area contributed by atoms with Gasteiger partial charge in [0.2, 0.25) is 0 Å². The van der Waals surface area contributed by atoms with Gasteiger partial charge in [-0.15, -0.1) is 0 Å². The third-order valence-corrected chi connectivity index (χ3v) is 5.41. The summed E-state index contributed by atoms with van der Waals surface area (Å²) >= 11 is 0. The van der Waals surface area contributed by atoms with Crippen molar-refractivity contribution in [2.75, 3.05) is 46.4 Å². The lowest BCUT2D eigenvalue weighted by atomic mass is 10.2. The third kappa shape index (κ3) is 5.35. The Bertz CT molecular complexity index is 319. The van der Waals surface area contributed by atoms with E-state index in [2.05, 4.69) is 0 Å². The average Bonchev–Trinajstić information content (AvgIpc) is 2.68. The van der Waals surface area contributed by atoms with E-state index in [1.807, 2.05) is 0 Å². The van der Waals surface area contributed by atoms with Crippen LogP contribution in [-0.4, -0.2) is 63.5 Å². The molecule has 2 N–H and O–H groups in total. The van der Waals surface area contributed by atoms with E-state index < -0.39 is 10.2 Å². The summed E-state index contributed by atoms with van der Waals surface area (Å²) in [7, 11) is -1.78. The summed E-state index contributed by atoms with van der Waals surface area (Å²) in [5.41, 5.74) is 5.49. The minimum absolute atomic E-state index is 0.398. The van der Waals surface area contributed by atoms with Crippen molar-refractivity contribution in [1.29, 1.82) is 0 Å². The molecule has 114 valence electrons. The molecule has 0 amide bonds. The van der Waals surface area contributed by atoms with Crippen LogP contribution in [0.5, 0.6) is 0 Å². The summed E-state index contributed by atoms with van der Waals surface area (Å²) in [6.45, 7) is 3.05. The molecule has 1 saturated heterocycles. The van der Waals surface area contributed by atoms with Crippen LogP contribution in [0, 0.1) is 0 Å². The number of methoxy groups -OCH3 is 1. The molecule has 0 spiro atoms. The van der Waals surface area contributed by atoms with Crippen LogP contribution in [0.4, 0.5) is 0 Å². The number of hydrogen-bond acceptors (Lipinski definition) is 4. The van der Waals surface area contributed by atoms with E-state index in [1.54, 1.807) is 11.4 Å². The second-order valence-electron chi connectivity index (χ2n) is 4.86. The van der Waals surface area contributed by atoms with Crippen molar-refractivity contribution >= 4 is 10.2 Å². The number of nitrogens with zero attached hydrogens (tertiary/aromatic N) is 2. The molecule has 1 aliphatic heterocycles. The largest absolute Gasteiger partial charge is 0.383 e. The number of hydrogen-bond donors (Lipinski definition) is 1. The molecule has 0 bridgehead atoms. The first-order chi connectivity index (χ1) is 9.12. The van der Waals surface area contributed by atoms with Crippen LogP contribution >= 0.6 is 0 Å². The molecule has 0 aromatic rings. The number of nitrogens with two attached hydrogens (primary N) is 1. The predicted octanol–water partition coefficient (Wildman–Crippen LogP) is 0.404.